The molecule has 0 heterocycles. The smallest absolute Gasteiger partial charge is 0.271 e. The van der Waals surface area contributed by atoms with E-state index in [0.29, 0.717) is 33.3 Å². The lowest BCUT2D eigenvalue weighted by Gasteiger charge is -2.05. The molecule has 0 aliphatic heterocycles. The van der Waals surface area contributed by atoms with E-state index in [4.69, 9.17) is 23.2 Å². The highest BCUT2D eigenvalue weighted by Crippen LogP contribution is 2.24. The summed E-state index contributed by atoms with van der Waals surface area (Å²) < 4.78 is 0. The number of nitrogens with zero attached hydrogens (tertiary/aromatic N) is 1. The number of carbonyl (C=O) groups excluding carboxylic acids is 2. The molecule has 2 rings (SSSR count). The van der Waals surface area contributed by atoms with Crippen LogP contribution in [0.4, 0.5) is 5.69 Å². The second kappa shape index (κ2) is 8.47. The van der Waals surface area contributed by atoms with Crippen molar-refractivity contribution in [2.75, 3.05) is 5.32 Å². The number of hydrogen-bond donors (Lipinski definition) is 2. The Hall–Kier alpha value is -2.37. The first-order chi connectivity index (χ1) is 11.5. The fourth-order valence-corrected chi connectivity index (χ4v) is 2.16. The van der Waals surface area contributed by atoms with Crippen molar-refractivity contribution in [1.29, 1.82) is 0 Å². The lowest BCUT2D eigenvalue weighted by molar-refractivity contribution is -0.115. The van der Waals surface area contributed by atoms with Crippen LogP contribution in [0.5, 0.6) is 0 Å². The fraction of sp³-hybridized carbons (Fsp3) is 0.118. The average molecular weight is 364 g/mol. The van der Waals surface area contributed by atoms with Gasteiger partial charge in [-0.25, -0.2) is 5.43 Å². The highest BCUT2D eigenvalue weighted by atomic mass is 35.5. The van der Waals surface area contributed by atoms with Crippen LogP contribution in [0.25, 0.3) is 0 Å². The standard InChI is InChI=1S/C17H15Cl2N3O2/c1-2-15(23)21-13-8-6-11(7-9-13)17(24)22-20-10-12-4-3-5-14(18)16(12)19/h3-10H,2H2,1H3,(H,21,23)(H,22,24)/b20-10+. The van der Waals surface area contributed by atoms with E-state index in [0.717, 1.165) is 0 Å². The van der Waals surface area contributed by atoms with Gasteiger partial charge in [-0.1, -0.05) is 42.3 Å². The summed E-state index contributed by atoms with van der Waals surface area (Å²) in [6.07, 6.45) is 1.81. The molecule has 2 amide bonds. The van der Waals surface area contributed by atoms with Gasteiger partial charge in [0.2, 0.25) is 5.91 Å². The van der Waals surface area contributed by atoms with Gasteiger partial charge < -0.3 is 5.32 Å². The molecule has 24 heavy (non-hydrogen) atoms. The maximum Gasteiger partial charge on any atom is 0.271 e. The molecule has 2 aromatic carbocycles. The van der Waals surface area contributed by atoms with Gasteiger partial charge in [0, 0.05) is 23.2 Å². The van der Waals surface area contributed by atoms with Crippen LogP contribution in [0, 0.1) is 0 Å². The molecule has 0 radical (unpaired) electrons. The van der Waals surface area contributed by atoms with Crippen molar-refractivity contribution in [3.05, 3.63) is 63.6 Å². The molecule has 0 bridgehead atoms. The van der Waals surface area contributed by atoms with Crippen LogP contribution in [0.3, 0.4) is 0 Å². The summed E-state index contributed by atoms with van der Waals surface area (Å²) in [5, 5.41) is 7.36. The number of anilines is 1. The molecule has 0 aliphatic rings. The van der Waals surface area contributed by atoms with Gasteiger partial charge in [-0.05, 0) is 30.3 Å². The Labute approximate surface area is 149 Å². The van der Waals surface area contributed by atoms with Crippen molar-refractivity contribution < 1.29 is 9.59 Å². The first-order valence-electron chi connectivity index (χ1n) is 7.18. The molecule has 2 N–H and O–H groups in total. The number of benzene rings is 2. The molecule has 0 saturated carbocycles. The van der Waals surface area contributed by atoms with E-state index in [1.807, 2.05) is 0 Å². The predicted molar refractivity (Wildman–Crippen MR) is 96.9 cm³/mol. The molecule has 7 heteroatoms. The Morgan fingerprint density at radius 3 is 2.50 bits per heavy atom. The van der Waals surface area contributed by atoms with Gasteiger partial charge >= 0.3 is 0 Å². The summed E-state index contributed by atoms with van der Waals surface area (Å²) >= 11 is 11.9. The molecular weight excluding hydrogens is 349 g/mol. The van der Waals surface area contributed by atoms with E-state index in [9.17, 15) is 9.59 Å². The third-order valence-corrected chi connectivity index (χ3v) is 3.94. The van der Waals surface area contributed by atoms with Crippen molar-refractivity contribution in [2.24, 2.45) is 5.10 Å². The summed E-state index contributed by atoms with van der Waals surface area (Å²) in [5.74, 6) is -0.465. The van der Waals surface area contributed by atoms with Crippen molar-refractivity contribution in [2.45, 2.75) is 13.3 Å². The van der Waals surface area contributed by atoms with Crippen molar-refractivity contribution in [3.63, 3.8) is 0 Å². The molecule has 0 unspecified atom stereocenters. The zero-order chi connectivity index (χ0) is 17.5. The number of rotatable bonds is 5. The Balaban J connectivity index is 1.98. The second-order valence-corrected chi connectivity index (χ2v) is 5.61. The van der Waals surface area contributed by atoms with Crippen LogP contribution in [0.1, 0.15) is 29.3 Å². The quantitative estimate of drug-likeness (QED) is 0.619. The fourth-order valence-electron chi connectivity index (χ4n) is 1.80. The number of nitrogens with one attached hydrogen (secondary N) is 2. The highest BCUT2D eigenvalue weighted by molar-refractivity contribution is 6.43. The zero-order valence-corrected chi connectivity index (χ0v) is 14.4. The van der Waals surface area contributed by atoms with E-state index in [2.05, 4.69) is 15.8 Å². The summed E-state index contributed by atoms with van der Waals surface area (Å²) in [5.41, 5.74) is 4.05. The summed E-state index contributed by atoms with van der Waals surface area (Å²) in [4.78, 5) is 23.3. The van der Waals surface area contributed by atoms with Gasteiger partial charge in [-0.3, -0.25) is 9.59 Å². The topological polar surface area (TPSA) is 70.6 Å². The molecule has 2 aromatic rings. The Kier molecular flexibility index (Phi) is 6.35. The molecule has 0 aromatic heterocycles. The van der Waals surface area contributed by atoms with Gasteiger partial charge in [-0.15, -0.1) is 0 Å². The van der Waals surface area contributed by atoms with E-state index >= 15 is 0 Å². The van der Waals surface area contributed by atoms with E-state index in [1.165, 1.54) is 6.21 Å². The SMILES string of the molecule is CCC(=O)Nc1ccc(C(=O)N/N=C/c2cccc(Cl)c2Cl)cc1. The summed E-state index contributed by atoms with van der Waals surface area (Å²) in [6, 6.07) is 11.6. The van der Waals surface area contributed by atoms with Gasteiger partial charge in [0.05, 0.1) is 16.3 Å². The first kappa shape index (κ1) is 18.0. The van der Waals surface area contributed by atoms with Crippen molar-refractivity contribution in [3.8, 4) is 0 Å². The Bertz CT molecular complexity index is 774. The molecule has 0 atom stereocenters. The zero-order valence-electron chi connectivity index (χ0n) is 12.8. The summed E-state index contributed by atoms with van der Waals surface area (Å²) in [6.45, 7) is 1.77. The number of halogens is 2. The third-order valence-electron chi connectivity index (χ3n) is 3.10. The Morgan fingerprint density at radius 2 is 1.83 bits per heavy atom. The lowest BCUT2D eigenvalue weighted by Crippen LogP contribution is -2.17. The van der Waals surface area contributed by atoms with Gasteiger partial charge in [0.25, 0.3) is 5.91 Å². The Morgan fingerprint density at radius 1 is 1.12 bits per heavy atom. The lowest BCUT2D eigenvalue weighted by atomic mass is 10.2. The number of amides is 2. The van der Waals surface area contributed by atoms with Crippen LogP contribution in [0.2, 0.25) is 10.0 Å². The van der Waals surface area contributed by atoms with Crippen LogP contribution in [-0.4, -0.2) is 18.0 Å². The largest absolute Gasteiger partial charge is 0.326 e. The van der Waals surface area contributed by atoms with E-state index < -0.39 is 0 Å². The van der Waals surface area contributed by atoms with E-state index in [1.54, 1.807) is 49.4 Å². The monoisotopic (exact) mass is 363 g/mol. The van der Waals surface area contributed by atoms with Gasteiger partial charge in [0.15, 0.2) is 0 Å². The van der Waals surface area contributed by atoms with Gasteiger partial charge in [-0.2, -0.15) is 5.10 Å². The normalized spacial score (nSPS) is 10.6. The van der Waals surface area contributed by atoms with Crippen molar-refractivity contribution >= 4 is 46.9 Å². The van der Waals surface area contributed by atoms with Crippen molar-refractivity contribution in [1.82, 2.24) is 5.43 Å². The molecule has 0 fully saturated rings. The average Bonchev–Trinajstić information content (AvgIpc) is 2.59. The molecule has 124 valence electrons. The van der Waals surface area contributed by atoms with Gasteiger partial charge in [0.1, 0.15) is 0 Å². The molecule has 5 nitrogen and oxygen atoms in total. The third kappa shape index (κ3) is 4.81. The minimum absolute atomic E-state index is 0.0878. The maximum absolute atomic E-state index is 12.0. The van der Waals surface area contributed by atoms with Crippen LogP contribution in [-0.2, 0) is 4.79 Å². The molecule has 0 spiro atoms. The van der Waals surface area contributed by atoms with Crippen LogP contribution >= 0.6 is 23.2 Å². The number of hydrogen-bond acceptors (Lipinski definition) is 3. The molecular formula is C17H15Cl2N3O2. The molecule has 0 aliphatic carbocycles. The van der Waals surface area contributed by atoms with E-state index in [-0.39, 0.29) is 11.8 Å². The number of hydrazone groups is 1. The second-order valence-electron chi connectivity index (χ2n) is 4.82. The number of carbonyl (C=O) groups is 2. The minimum atomic E-state index is -0.377. The highest BCUT2D eigenvalue weighted by Gasteiger charge is 2.06. The molecule has 0 saturated heterocycles. The van der Waals surface area contributed by atoms with Crippen LogP contribution in [0.15, 0.2) is 47.6 Å². The maximum atomic E-state index is 12.0. The minimum Gasteiger partial charge on any atom is -0.326 e. The predicted octanol–water partition coefficient (Wildman–Crippen LogP) is 4.11. The summed E-state index contributed by atoms with van der Waals surface area (Å²) in [7, 11) is 0. The van der Waals surface area contributed by atoms with Crippen LogP contribution < -0.4 is 10.7 Å². The first-order valence-corrected chi connectivity index (χ1v) is 7.94.